The quantitative estimate of drug-likeness (QED) is 0.726. The molecule has 20 heavy (non-hydrogen) atoms. The first-order chi connectivity index (χ1) is 9.51. The van der Waals surface area contributed by atoms with Gasteiger partial charge in [-0.25, -0.2) is 0 Å². The molecule has 0 fully saturated rings. The van der Waals surface area contributed by atoms with Gasteiger partial charge in [0.2, 0.25) is 0 Å². The molecule has 2 nitrogen and oxygen atoms in total. The van der Waals surface area contributed by atoms with E-state index in [-0.39, 0.29) is 6.04 Å². The van der Waals surface area contributed by atoms with Crippen LogP contribution in [-0.2, 0) is 0 Å². The summed E-state index contributed by atoms with van der Waals surface area (Å²) in [5.41, 5.74) is 1.04. The summed E-state index contributed by atoms with van der Waals surface area (Å²) in [6.07, 6.45) is 0. The lowest BCUT2D eigenvalue weighted by Gasteiger charge is -2.17. The molecule has 5 heteroatoms. The first-order valence-electron chi connectivity index (χ1n) is 6.11. The third-order valence-electron chi connectivity index (χ3n) is 2.98. The summed E-state index contributed by atoms with van der Waals surface area (Å²) in [4.78, 5) is 0. The van der Waals surface area contributed by atoms with Crippen molar-refractivity contribution in [3.63, 3.8) is 0 Å². The maximum atomic E-state index is 6.13. The molecule has 2 aromatic carbocycles. The Kier molecular flexibility index (Phi) is 5.33. The van der Waals surface area contributed by atoms with E-state index in [0.29, 0.717) is 15.8 Å². The van der Waals surface area contributed by atoms with E-state index in [9.17, 15) is 0 Å². The predicted molar refractivity (Wildman–Crippen MR) is 88.2 cm³/mol. The van der Waals surface area contributed by atoms with Gasteiger partial charge in [0.05, 0.1) is 5.02 Å². The highest BCUT2D eigenvalue weighted by Gasteiger charge is 2.13. The summed E-state index contributed by atoms with van der Waals surface area (Å²) in [5, 5.41) is 4.32. The fraction of sp³-hybridized carbons (Fsp3) is 0.200. The summed E-state index contributed by atoms with van der Waals surface area (Å²) >= 11 is 15.6. The summed E-state index contributed by atoms with van der Waals surface area (Å²) in [5.74, 6) is 1.30. The van der Waals surface area contributed by atoms with Crippen LogP contribution in [0, 0.1) is 0 Å². The Morgan fingerprint density at radius 3 is 2.55 bits per heavy atom. The molecule has 0 saturated carbocycles. The highest BCUT2D eigenvalue weighted by atomic mass is 79.9. The number of hydrogen-bond donors (Lipinski definition) is 1. The Balaban J connectivity index is 2.40. The smallest absolute Gasteiger partial charge is 0.147 e. The van der Waals surface area contributed by atoms with Crippen LogP contribution in [0.2, 0.25) is 10.0 Å². The van der Waals surface area contributed by atoms with E-state index >= 15 is 0 Å². The summed E-state index contributed by atoms with van der Waals surface area (Å²) in [7, 11) is 1.90. The first-order valence-corrected chi connectivity index (χ1v) is 7.65. The molecule has 0 aliphatic heterocycles. The van der Waals surface area contributed by atoms with Crippen LogP contribution in [0.3, 0.4) is 0 Å². The van der Waals surface area contributed by atoms with Crippen molar-refractivity contribution in [3.05, 3.63) is 56.5 Å². The van der Waals surface area contributed by atoms with Crippen LogP contribution in [0.1, 0.15) is 18.5 Å². The minimum Gasteiger partial charge on any atom is -0.455 e. The molecular weight excluding hydrogens is 361 g/mol. The standard InChI is InChI=1S/C15H14BrCl2NO/c1-9(19-2)12-7-10(16)3-6-14(12)20-15-8-11(17)4-5-13(15)18/h3-9,19H,1-2H3. The predicted octanol–water partition coefficient (Wildman–Crippen LogP) is 5.83. The molecule has 1 N–H and O–H groups in total. The van der Waals surface area contributed by atoms with Gasteiger partial charge in [-0.2, -0.15) is 0 Å². The number of nitrogens with one attached hydrogen (secondary N) is 1. The van der Waals surface area contributed by atoms with Gasteiger partial charge in [0.25, 0.3) is 0 Å². The van der Waals surface area contributed by atoms with Crippen molar-refractivity contribution in [1.82, 2.24) is 5.32 Å². The van der Waals surface area contributed by atoms with E-state index in [4.69, 9.17) is 27.9 Å². The molecule has 0 amide bonds. The number of ether oxygens (including phenoxy) is 1. The molecule has 0 spiro atoms. The van der Waals surface area contributed by atoms with Gasteiger partial charge in [-0.1, -0.05) is 39.1 Å². The van der Waals surface area contributed by atoms with Crippen LogP contribution in [0.25, 0.3) is 0 Å². The van der Waals surface area contributed by atoms with E-state index in [1.165, 1.54) is 0 Å². The normalized spacial score (nSPS) is 12.2. The van der Waals surface area contributed by atoms with Crippen molar-refractivity contribution in [3.8, 4) is 11.5 Å². The highest BCUT2D eigenvalue weighted by Crippen LogP contribution is 2.36. The third-order valence-corrected chi connectivity index (χ3v) is 4.03. The zero-order chi connectivity index (χ0) is 14.7. The van der Waals surface area contributed by atoms with Gasteiger partial charge in [0.1, 0.15) is 11.5 Å². The average Bonchev–Trinajstić information content (AvgIpc) is 2.43. The van der Waals surface area contributed by atoms with Crippen molar-refractivity contribution in [2.75, 3.05) is 7.05 Å². The van der Waals surface area contributed by atoms with Gasteiger partial charge in [0.15, 0.2) is 0 Å². The summed E-state index contributed by atoms with van der Waals surface area (Å²) in [6, 6.07) is 11.2. The van der Waals surface area contributed by atoms with Crippen molar-refractivity contribution >= 4 is 39.1 Å². The zero-order valence-electron chi connectivity index (χ0n) is 11.1. The van der Waals surface area contributed by atoms with Crippen LogP contribution in [0.4, 0.5) is 0 Å². The lowest BCUT2D eigenvalue weighted by Crippen LogP contribution is -2.13. The van der Waals surface area contributed by atoms with Crippen molar-refractivity contribution < 1.29 is 4.74 Å². The molecule has 106 valence electrons. The third kappa shape index (κ3) is 3.67. The van der Waals surface area contributed by atoms with Crippen molar-refractivity contribution in [1.29, 1.82) is 0 Å². The van der Waals surface area contributed by atoms with Crippen LogP contribution in [0.15, 0.2) is 40.9 Å². The van der Waals surface area contributed by atoms with Crippen molar-refractivity contribution in [2.24, 2.45) is 0 Å². The summed E-state index contributed by atoms with van der Waals surface area (Å²) in [6.45, 7) is 2.06. The molecule has 0 bridgehead atoms. The summed E-state index contributed by atoms with van der Waals surface area (Å²) < 4.78 is 6.92. The fourth-order valence-corrected chi connectivity index (χ4v) is 2.48. The second-order valence-electron chi connectivity index (χ2n) is 4.37. The Labute approximate surface area is 137 Å². The molecule has 0 aliphatic carbocycles. The monoisotopic (exact) mass is 373 g/mol. The maximum Gasteiger partial charge on any atom is 0.147 e. The largest absolute Gasteiger partial charge is 0.455 e. The van der Waals surface area contributed by atoms with Gasteiger partial charge in [-0.05, 0) is 44.3 Å². The zero-order valence-corrected chi connectivity index (χ0v) is 14.2. The Bertz CT molecular complexity index is 619. The van der Waals surface area contributed by atoms with Crippen LogP contribution in [0.5, 0.6) is 11.5 Å². The Morgan fingerprint density at radius 2 is 1.85 bits per heavy atom. The molecule has 0 aliphatic rings. The van der Waals surface area contributed by atoms with Gasteiger partial charge in [0, 0.05) is 27.2 Å². The van der Waals surface area contributed by atoms with E-state index in [1.807, 2.05) is 25.2 Å². The lowest BCUT2D eigenvalue weighted by molar-refractivity contribution is 0.466. The maximum absolute atomic E-state index is 6.13. The van der Waals surface area contributed by atoms with E-state index in [2.05, 4.69) is 28.2 Å². The highest BCUT2D eigenvalue weighted by molar-refractivity contribution is 9.10. The van der Waals surface area contributed by atoms with Gasteiger partial charge >= 0.3 is 0 Å². The van der Waals surface area contributed by atoms with Crippen LogP contribution >= 0.6 is 39.1 Å². The van der Waals surface area contributed by atoms with Gasteiger partial charge in [-0.15, -0.1) is 0 Å². The lowest BCUT2D eigenvalue weighted by atomic mass is 10.1. The fourth-order valence-electron chi connectivity index (χ4n) is 1.78. The second kappa shape index (κ2) is 6.81. The second-order valence-corrected chi connectivity index (χ2v) is 6.13. The minimum atomic E-state index is 0.153. The molecule has 0 heterocycles. The first kappa shape index (κ1) is 15.6. The minimum absolute atomic E-state index is 0.153. The Morgan fingerprint density at radius 1 is 1.10 bits per heavy atom. The molecule has 1 atom stereocenters. The molecule has 0 aromatic heterocycles. The van der Waals surface area contributed by atoms with E-state index in [0.717, 1.165) is 15.8 Å². The van der Waals surface area contributed by atoms with Gasteiger partial charge in [-0.3, -0.25) is 0 Å². The van der Waals surface area contributed by atoms with Crippen LogP contribution < -0.4 is 10.1 Å². The number of hydrogen-bond acceptors (Lipinski definition) is 2. The molecular formula is C15H14BrCl2NO. The number of benzene rings is 2. The molecule has 0 radical (unpaired) electrons. The molecule has 2 rings (SSSR count). The van der Waals surface area contributed by atoms with Crippen molar-refractivity contribution in [2.45, 2.75) is 13.0 Å². The topological polar surface area (TPSA) is 21.3 Å². The van der Waals surface area contributed by atoms with Gasteiger partial charge < -0.3 is 10.1 Å². The van der Waals surface area contributed by atoms with Crippen LogP contribution in [-0.4, -0.2) is 7.05 Å². The molecule has 2 aromatic rings. The Hall–Kier alpha value is -0.740. The van der Waals surface area contributed by atoms with E-state index in [1.54, 1.807) is 18.2 Å². The number of halogens is 3. The SMILES string of the molecule is CNC(C)c1cc(Br)ccc1Oc1cc(Cl)ccc1Cl. The average molecular weight is 375 g/mol. The molecule has 1 unspecified atom stereocenters. The van der Waals surface area contributed by atoms with E-state index < -0.39 is 0 Å². The number of rotatable bonds is 4. The molecule has 0 saturated heterocycles.